The molecule has 2 saturated carbocycles. The quantitative estimate of drug-likeness (QED) is 0.737. The van der Waals surface area contributed by atoms with Crippen LogP contribution in [0.3, 0.4) is 0 Å². The van der Waals surface area contributed by atoms with E-state index in [-0.39, 0.29) is 0 Å². The fourth-order valence-electron chi connectivity index (χ4n) is 4.82. The molecule has 0 aromatic rings. The van der Waals surface area contributed by atoms with Crippen LogP contribution in [0.1, 0.15) is 25.7 Å². The summed E-state index contributed by atoms with van der Waals surface area (Å²) >= 11 is 0. The highest BCUT2D eigenvalue weighted by molar-refractivity contribution is 5.80. The lowest BCUT2D eigenvalue weighted by Gasteiger charge is -2.27. The Hall–Kier alpha value is -0.570. The van der Waals surface area contributed by atoms with Gasteiger partial charge < -0.3 is 10.2 Å². The number of carbonyl (C=O) groups is 1. The summed E-state index contributed by atoms with van der Waals surface area (Å²) in [4.78, 5) is 14.8. The Bertz CT molecular complexity index is 331. The molecule has 2 aliphatic carbocycles. The van der Waals surface area contributed by atoms with Gasteiger partial charge in [-0.1, -0.05) is 6.42 Å². The highest BCUT2D eigenvalue weighted by atomic mass is 16.2. The summed E-state index contributed by atoms with van der Waals surface area (Å²) in [7, 11) is 0. The van der Waals surface area contributed by atoms with Gasteiger partial charge in [0.25, 0.3) is 0 Å². The van der Waals surface area contributed by atoms with E-state index in [4.69, 9.17) is 0 Å². The fraction of sp³-hybridized carbons (Fsp3) is 0.929. The molecule has 5 atom stereocenters. The minimum Gasteiger partial charge on any atom is -0.342 e. The van der Waals surface area contributed by atoms with Crippen LogP contribution in [0, 0.1) is 29.6 Å². The first kappa shape index (κ1) is 10.4. The standard InChI is InChI=1S/C14H22N2O/c17-14(13-4-9-1-2-10(13)3-9)16-7-11-5-15-6-12(11)8-16/h9-13,15H,1-8H2. The number of amides is 1. The summed E-state index contributed by atoms with van der Waals surface area (Å²) in [5.41, 5.74) is 0. The Labute approximate surface area is 103 Å². The second kappa shape index (κ2) is 3.71. The number of likely N-dealkylation sites (tertiary alicyclic amines) is 1. The number of rotatable bonds is 1. The Morgan fingerprint density at radius 1 is 1.00 bits per heavy atom. The van der Waals surface area contributed by atoms with Crippen molar-refractivity contribution in [2.75, 3.05) is 26.2 Å². The minimum atomic E-state index is 0.403. The number of fused-ring (bicyclic) bond motifs is 3. The Kier molecular flexibility index (Phi) is 2.26. The lowest BCUT2D eigenvalue weighted by atomic mass is 9.88. The van der Waals surface area contributed by atoms with Crippen LogP contribution in [0.25, 0.3) is 0 Å². The molecule has 1 amide bonds. The average molecular weight is 234 g/mol. The van der Waals surface area contributed by atoms with Crippen molar-refractivity contribution in [3.8, 4) is 0 Å². The van der Waals surface area contributed by atoms with E-state index in [9.17, 15) is 4.79 Å². The topological polar surface area (TPSA) is 32.3 Å². The van der Waals surface area contributed by atoms with Crippen LogP contribution in [0.5, 0.6) is 0 Å². The van der Waals surface area contributed by atoms with E-state index < -0.39 is 0 Å². The third kappa shape index (κ3) is 1.55. The van der Waals surface area contributed by atoms with Gasteiger partial charge in [0, 0.05) is 32.1 Å². The zero-order valence-electron chi connectivity index (χ0n) is 10.4. The Balaban J connectivity index is 1.44. The third-order valence-corrected chi connectivity index (χ3v) is 5.76. The molecule has 4 aliphatic rings. The Morgan fingerprint density at radius 3 is 2.35 bits per heavy atom. The summed E-state index contributed by atoms with van der Waals surface area (Å²) in [6.07, 6.45) is 5.26. The molecular formula is C14H22N2O. The first-order valence-electron chi connectivity index (χ1n) is 7.31. The first-order chi connectivity index (χ1) is 8.31. The lowest BCUT2D eigenvalue weighted by molar-refractivity contribution is -0.136. The molecule has 5 unspecified atom stereocenters. The zero-order chi connectivity index (χ0) is 11.4. The van der Waals surface area contributed by atoms with Gasteiger partial charge in [0.2, 0.25) is 5.91 Å². The molecule has 4 rings (SSSR count). The number of nitrogens with zero attached hydrogens (tertiary/aromatic N) is 1. The summed E-state index contributed by atoms with van der Waals surface area (Å²) < 4.78 is 0. The normalized spacial score (nSPS) is 47.8. The van der Waals surface area contributed by atoms with E-state index in [0.717, 1.165) is 49.9 Å². The summed E-state index contributed by atoms with van der Waals surface area (Å²) in [6, 6.07) is 0. The average Bonchev–Trinajstić information content (AvgIpc) is 3.06. The van der Waals surface area contributed by atoms with E-state index in [1.165, 1.54) is 25.7 Å². The van der Waals surface area contributed by atoms with Gasteiger partial charge >= 0.3 is 0 Å². The predicted octanol–water partition coefficient (Wildman–Crippen LogP) is 1.10. The molecule has 4 fully saturated rings. The van der Waals surface area contributed by atoms with Gasteiger partial charge in [0.1, 0.15) is 0 Å². The van der Waals surface area contributed by atoms with Gasteiger partial charge in [0.15, 0.2) is 0 Å². The van der Waals surface area contributed by atoms with E-state index in [1.54, 1.807) is 0 Å². The molecule has 94 valence electrons. The summed E-state index contributed by atoms with van der Waals surface area (Å²) in [5.74, 6) is 4.03. The van der Waals surface area contributed by atoms with Crippen molar-refractivity contribution in [2.24, 2.45) is 29.6 Å². The van der Waals surface area contributed by atoms with Crippen molar-refractivity contribution >= 4 is 5.91 Å². The molecule has 0 aromatic heterocycles. The second-order valence-corrected chi connectivity index (χ2v) is 6.70. The van der Waals surface area contributed by atoms with Crippen LogP contribution in [0.15, 0.2) is 0 Å². The minimum absolute atomic E-state index is 0.403. The molecule has 0 aromatic carbocycles. The SMILES string of the molecule is O=C(C1CC2CCC1C2)N1CC2CNCC2C1. The van der Waals surface area contributed by atoms with E-state index in [2.05, 4.69) is 10.2 Å². The summed E-state index contributed by atoms with van der Waals surface area (Å²) in [5, 5.41) is 3.44. The smallest absolute Gasteiger partial charge is 0.225 e. The maximum Gasteiger partial charge on any atom is 0.225 e. The molecule has 2 saturated heterocycles. The van der Waals surface area contributed by atoms with Crippen LogP contribution >= 0.6 is 0 Å². The highest BCUT2D eigenvalue weighted by Gasteiger charge is 2.47. The predicted molar refractivity (Wildman–Crippen MR) is 65.4 cm³/mol. The molecule has 0 radical (unpaired) electrons. The molecule has 2 bridgehead atoms. The molecule has 1 N–H and O–H groups in total. The van der Waals surface area contributed by atoms with Crippen molar-refractivity contribution in [2.45, 2.75) is 25.7 Å². The van der Waals surface area contributed by atoms with Gasteiger partial charge in [-0.2, -0.15) is 0 Å². The number of carbonyl (C=O) groups excluding carboxylic acids is 1. The number of hydrogen-bond acceptors (Lipinski definition) is 2. The van der Waals surface area contributed by atoms with Gasteiger partial charge in [-0.3, -0.25) is 4.79 Å². The van der Waals surface area contributed by atoms with E-state index in [0.29, 0.717) is 11.8 Å². The molecular weight excluding hydrogens is 212 g/mol. The van der Waals surface area contributed by atoms with Crippen LogP contribution in [-0.2, 0) is 4.79 Å². The van der Waals surface area contributed by atoms with Crippen molar-refractivity contribution in [3.05, 3.63) is 0 Å². The van der Waals surface area contributed by atoms with Crippen LogP contribution < -0.4 is 5.32 Å². The lowest BCUT2D eigenvalue weighted by Crippen LogP contribution is -2.38. The number of nitrogens with one attached hydrogen (secondary N) is 1. The molecule has 3 nitrogen and oxygen atoms in total. The zero-order valence-corrected chi connectivity index (χ0v) is 10.4. The molecule has 0 spiro atoms. The maximum absolute atomic E-state index is 12.6. The fourth-order valence-corrected chi connectivity index (χ4v) is 4.82. The molecule has 3 heteroatoms. The van der Waals surface area contributed by atoms with Gasteiger partial charge in [-0.05, 0) is 42.9 Å². The largest absolute Gasteiger partial charge is 0.342 e. The monoisotopic (exact) mass is 234 g/mol. The maximum atomic E-state index is 12.6. The van der Waals surface area contributed by atoms with Crippen LogP contribution in [0.4, 0.5) is 0 Å². The van der Waals surface area contributed by atoms with Crippen LogP contribution in [-0.4, -0.2) is 37.0 Å². The highest BCUT2D eigenvalue weighted by Crippen LogP contribution is 2.49. The first-order valence-corrected chi connectivity index (χ1v) is 7.31. The van der Waals surface area contributed by atoms with E-state index >= 15 is 0 Å². The number of hydrogen-bond donors (Lipinski definition) is 1. The van der Waals surface area contributed by atoms with Crippen molar-refractivity contribution in [3.63, 3.8) is 0 Å². The van der Waals surface area contributed by atoms with Crippen molar-refractivity contribution in [1.82, 2.24) is 10.2 Å². The molecule has 17 heavy (non-hydrogen) atoms. The van der Waals surface area contributed by atoms with Crippen LogP contribution in [0.2, 0.25) is 0 Å². The summed E-state index contributed by atoms with van der Waals surface area (Å²) in [6.45, 7) is 4.32. The van der Waals surface area contributed by atoms with Gasteiger partial charge in [-0.25, -0.2) is 0 Å². The van der Waals surface area contributed by atoms with Crippen molar-refractivity contribution < 1.29 is 4.79 Å². The van der Waals surface area contributed by atoms with Gasteiger partial charge in [0.05, 0.1) is 0 Å². The Morgan fingerprint density at radius 2 is 1.76 bits per heavy atom. The molecule has 2 aliphatic heterocycles. The third-order valence-electron chi connectivity index (χ3n) is 5.76. The molecule has 2 heterocycles. The second-order valence-electron chi connectivity index (χ2n) is 6.70. The van der Waals surface area contributed by atoms with Crippen molar-refractivity contribution in [1.29, 1.82) is 0 Å². The van der Waals surface area contributed by atoms with Gasteiger partial charge in [-0.15, -0.1) is 0 Å². The van der Waals surface area contributed by atoms with E-state index in [1.807, 2.05) is 0 Å².